The number of rotatable bonds is 6. The Balaban J connectivity index is 2.01. The normalized spacial score (nSPS) is 24.2. The molecule has 1 N–H and O–H groups in total. The second kappa shape index (κ2) is 9.08. The highest BCUT2D eigenvalue weighted by molar-refractivity contribution is 6.74. The van der Waals surface area contributed by atoms with Crippen LogP contribution < -0.4 is 0 Å². The van der Waals surface area contributed by atoms with Crippen LogP contribution in [0.3, 0.4) is 0 Å². The smallest absolute Gasteiger partial charge is 0.416 e. The molecule has 0 amide bonds. The van der Waals surface area contributed by atoms with Crippen molar-refractivity contribution in [3.05, 3.63) is 35.4 Å². The van der Waals surface area contributed by atoms with Crippen molar-refractivity contribution >= 4 is 8.32 Å². The average molecular weight is 432 g/mol. The number of likely N-dealkylation sites (N-methyl/N-ethyl adjacent to an activating group) is 1. The first-order chi connectivity index (χ1) is 13.2. The Morgan fingerprint density at radius 1 is 1.17 bits per heavy atom. The van der Waals surface area contributed by atoms with E-state index in [1.807, 2.05) is 7.05 Å². The van der Waals surface area contributed by atoms with Gasteiger partial charge in [0, 0.05) is 19.2 Å². The summed E-state index contributed by atoms with van der Waals surface area (Å²) < 4.78 is 45.4. The molecule has 1 aromatic carbocycles. The van der Waals surface area contributed by atoms with E-state index in [0.717, 1.165) is 6.07 Å². The van der Waals surface area contributed by atoms with Crippen LogP contribution in [-0.2, 0) is 10.6 Å². The highest BCUT2D eigenvalue weighted by Gasteiger charge is 2.38. The van der Waals surface area contributed by atoms with Crippen molar-refractivity contribution in [2.24, 2.45) is 0 Å². The monoisotopic (exact) mass is 431 g/mol. The predicted octanol–water partition coefficient (Wildman–Crippen LogP) is 5.66. The molecule has 3 nitrogen and oxygen atoms in total. The van der Waals surface area contributed by atoms with E-state index in [0.29, 0.717) is 38.0 Å². The van der Waals surface area contributed by atoms with Gasteiger partial charge in [0.25, 0.3) is 0 Å². The third-order valence-electron chi connectivity index (χ3n) is 6.75. The number of nitrogens with zero attached hydrogens (tertiary/aromatic N) is 1. The number of alkyl halides is 3. The molecule has 2 rings (SSSR count). The van der Waals surface area contributed by atoms with E-state index in [2.05, 4.69) is 38.8 Å². The van der Waals surface area contributed by atoms with Gasteiger partial charge in [0.2, 0.25) is 0 Å². The number of hydrogen-bond donors (Lipinski definition) is 1. The van der Waals surface area contributed by atoms with Crippen LogP contribution in [0.5, 0.6) is 0 Å². The Morgan fingerprint density at radius 2 is 1.83 bits per heavy atom. The lowest BCUT2D eigenvalue weighted by atomic mass is 9.79. The molecular weight excluding hydrogens is 395 g/mol. The first kappa shape index (κ1) is 24.4. The molecule has 1 aromatic rings. The molecule has 0 aliphatic heterocycles. The van der Waals surface area contributed by atoms with Crippen LogP contribution in [0.1, 0.15) is 57.1 Å². The highest BCUT2D eigenvalue weighted by Crippen LogP contribution is 2.38. The van der Waals surface area contributed by atoms with Crippen LogP contribution in [0.2, 0.25) is 18.1 Å². The molecule has 1 aliphatic rings. The van der Waals surface area contributed by atoms with Crippen LogP contribution in [0.15, 0.2) is 24.3 Å². The molecule has 0 aromatic heterocycles. The summed E-state index contributed by atoms with van der Waals surface area (Å²) in [6, 6.07) is 5.55. The van der Waals surface area contributed by atoms with Crippen LogP contribution in [-0.4, -0.2) is 50.7 Å². The molecule has 1 fully saturated rings. The molecule has 0 saturated heterocycles. The van der Waals surface area contributed by atoms with Crippen molar-refractivity contribution in [3.8, 4) is 0 Å². The zero-order valence-electron chi connectivity index (χ0n) is 18.5. The fourth-order valence-corrected chi connectivity index (χ4v) is 4.74. The topological polar surface area (TPSA) is 32.7 Å². The van der Waals surface area contributed by atoms with Crippen LogP contribution in [0.4, 0.5) is 13.2 Å². The third kappa shape index (κ3) is 6.29. The largest absolute Gasteiger partial charge is 0.416 e. The second-order valence-corrected chi connectivity index (χ2v) is 14.7. The zero-order valence-corrected chi connectivity index (χ0v) is 19.5. The van der Waals surface area contributed by atoms with Gasteiger partial charge in [-0.25, -0.2) is 0 Å². The summed E-state index contributed by atoms with van der Waals surface area (Å²) in [5, 5.41) is 10.7. The SMILES string of the molecule is CN(CCO[Si](C)(C)C(C)(C)C)[C@H]1C[C@@H](c2cccc(C(F)(F)F)c2)CC[C@@H]1O. The van der Waals surface area contributed by atoms with Gasteiger partial charge in [0.15, 0.2) is 8.32 Å². The molecule has 29 heavy (non-hydrogen) atoms. The molecule has 166 valence electrons. The minimum atomic E-state index is -4.33. The van der Waals surface area contributed by atoms with Crippen LogP contribution >= 0.6 is 0 Å². The van der Waals surface area contributed by atoms with E-state index in [1.54, 1.807) is 6.07 Å². The first-order valence-corrected chi connectivity index (χ1v) is 13.3. The van der Waals surface area contributed by atoms with Gasteiger partial charge in [-0.2, -0.15) is 13.2 Å². The minimum absolute atomic E-state index is 0.0226. The molecule has 0 bridgehead atoms. The summed E-state index contributed by atoms with van der Waals surface area (Å²) in [7, 11) is 0.145. The van der Waals surface area contributed by atoms with Gasteiger partial charge >= 0.3 is 6.18 Å². The summed E-state index contributed by atoms with van der Waals surface area (Å²) >= 11 is 0. The van der Waals surface area contributed by atoms with Crippen LogP contribution in [0, 0.1) is 0 Å². The van der Waals surface area contributed by atoms with Crippen molar-refractivity contribution in [1.82, 2.24) is 4.90 Å². The second-order valence-electron chi connectivity index (χ2n) is 9.86. The minimum Gasteiger partial charge on any atom is -0.416 e. The number of hydrogen-bond acceptors (Lipinski definition) is 3. The fourth-order valence-electron chi connectivity index (χ4n) is 3.70. The predicted molar refractivity (Wildman–Crippen MR) is 114 cm³/mol. The maximum Gasteiger partial charge on any atom is 0.416 e. The number of aliphatic hydroxyl groups excluding tert-OH is 1. The molecule has 3 atom stereocenters. The molecule has 1 saturated carbocycles. The van der Waals surface area contributed by atoms with Crippen molar-refractivity contribution < 1.29 is 22.7 Å². The molecule has 0 radical (unpaired) electrons. The standard InChI is InChI=1S/C22H36F3NO2Si/c1-21(2,3)29(5,6)28-13-12-26(4)19-15-17(10-11-20(19)27)16-8-7-9-18(14-16)22(23,24)25/h7-9,14,17,19-20,27H,10-13,15H2,1-6H3/t17-,19-,20-/m0/s1. The van der Waals surface area contributed by atoms with Gasteiger partial charge in [-0.3, -0.25) is 4.90 Å². The van der Waals surface area contributed by atoms with E-state index in [4.69, 9.17) is 4.43 Å². The molecule has 0 spiro atoms. The van der Waals surface area contributed by atoms with Gasteiger partial charge in [-0.15, -0.1) is 0 Å². The maximum atomic E-state index is 13.1. The van der Waals surface area contributed by atoms with Gasteiger partial charge in [0.05, 0.1) is 11.7 Å². The Labute approximate surface area is 174 Å². The van der Waals surface area contributed by atoms with Gasteiger partial charge in [-0.05, 0) is 62.0 Å². The Hall–Kier alpha value is -0.893. The van der Waals surface area contributed by atoms with Crippen molar-refractivity contribution in [3.63, 3.8) is 0 Å². The average Bonchev–Trinajstić information content (AvgIpc) is 2.60. The summed E-state index contributed by atoms with van der Waals surface area (Å²) in [6.45, 7) is 12.3. The summed E-state index contributed by atoms with van der Waals surface area (Å²) in [4.78, 5) is 2.11. The lowest BCUT2D eigenvalue weighted by Gasteiger charge is -2.40. The number of benzene rings is 1. The molecule has 0 heterocycles. The molecule has 0 unspecified atom stereocenters. The van der Waals surface area contributed by atoms with Crippen molar-refractivity contribution in [1.29, 1.82) is 0 Å². The highest BCUT2D eigenvalue weighted by atomic mass is 28.4. The Morgan fingerprint density at radius 3 is 2.41 bits per heavy atom. The van der Waals surface area contributed by atoms with Crippen molar-refractivity contribution in [2.75, 3.05) is 20.2 Å². The quantitative estimate of drug-likeness (QED) is 0.590. The van der Waals surface area contributed by atoms with Gasteiger partial charge in [-0.1, -0.05) is 39.0 Å². The molecule has 1 aliphatic carbocycles. The molecular formula is C22H36F3NO2Si. The zero-order chi connectivity index (χ0) is 22.0. The number of aliphatic hydroxyl groups is 1. The number of halogens is 3. The van der Waals surface area contributed by atoms with E-state index in [9.17, 15) is 18.3 Å². The fraction of sp³-hybridized carbons (Fsp3) is 0.727. The summed E-state index contributed by atoms with van der Waals surface area (Å²) in [5.41, 5.74) is 0.108. The van der Waals surface area contributed by atoms with Gasteiger partial charge < -0.3 is 9.53 Å². The lowest BCUT2D eigenvalue weighted by molar-refractivity contribution is -0.137. The lowest BCUT2D eigenvalue weighted by Crippen LogP contribution is -2.48. The van der Waals surface area contributed by atoms with E-state index in [-0.39, 0.29) is 17.0 Å². The third-order valence-corrected chi connectivity index (χ3v) is 11.3. The Kier molecular flexibility index (Phi) is 7.63. The summed E-state index contributed by atoms with van der Waals surface area (Å²) in [6.07, 6.45) is -2.85. The maximum absolute atomic E-state index is 13.1. The first-order valence-electron chi connectivity index (χ1n) is 10.4. The van der Waals surface area contributed by atoms with E-state index >= 15 is 0 Å². The van der Waals surface area contributed by atoms with Gasteiger partial charge in [0.1, 0.15) is 0 Å². The van der Waals surface area contributed by atoms with Crippen molar-refractivity contribution in [2.45, 2.75) is 82.4 Å². The van der Waals surface area contributed by atoms with E-state index in [1.165, 1.54) is 12.1 Å². The Bertz CT molecular complexity index is 673. The summed E-state index contributed by atoms with van der Waals surface area (Å²) in [5.74, 6) is 0.0226. The van der Waals surface area contributed by atoms with E-state index < -0.39 is 26.2 Å². The van der Waals surface area contributed by atoms with Crippen LogP contribution in [0.25, 0.3) is 0 Å². The molecule has 7 heteroatoms.